The van der Waals surface area contributed by atoms with Crippen LogP contribution in [0.2, 0.25) is 5.02 Å². The molecule has 7 heteroatoms. The highest BCUT2D eigenvalue weighted by atomic mass is 35.5. The predicted molar refractivity (Wildman–Crippen MR) is 149 cm³/mol. The van der Waals surface area contributed by atoms with E-state index in [2.05, 4.69) is 37.6 Å². The summed E-state index contributed by atoms with van der Waals surface area (Å²) in [7, 11) is 0. The van der Waals surface area contributed by atoms with Crippen LogP contribution in [-0.4, -0.2) is 47.0 Å². The number of halogens is 1. The predicted octanol–water partition coefficient (Wildman–Crippen LogP) is 6.87. The number of imidazole rings is 1. The lowest BCUT2D eigenvalue weighted by Gasteiger charge is -2.27. The van der Waals surface area contributed by atoms with Crippen molar-refractivity contribution < 1.29 is 4.74 Å². The van der Waals surface area contributed by atoms with Crippen LogP contribution >= 0.6 is 11.6 Å². The summed E-state index contributed by atoms with van der Waals surface area (Å²) in [5.74, 6) is 2.54. The monoisotopic (exact) mass is 495 g/mol. The van der Waals surface area contributed by atoms with Crippen molar-refractivity contribution in [3.05, 3.63) is 58.4 Å². The van der Waals surface area contributed by atoms with E-state index >= 15 is 0 Å². The van der Waals surface area contributed by atoms with Gasteiger partial charge in [-0.25, -0.2) is 9.97 Å². The van der Waals surface area contributed by atoms with Gasteiger partial charge >= 0.3 is 0 Å². The molecule has 0 bridgehead atoms. The highest BCUT2D eigenvalue weighted by Crippen LogP contribution is 2.22. The third-order valence-electron chi connectivity index (χ3n) is 6.07. The number of pyridine rings is 1. The fourth-order valence-corrected chi connectivity index (χ4v) is 3.77. The van der Waals surface area contributed by atoms with E-state index in [9.17, 15) is 0 Å². The van der Waals surface area contributed by atoms with E-state index in [0.717, 1.165) is 72.2 Å². The molecule has 0 aliphatic carbocycles. The Morgan fingerprint density at radius 2 is 1.91 bits per heavy atom. The summed E-state index contributed by atoms with van der Waals surface area (Å²) < 4.78 is 5.43. The number of ether oxygens (including phenoxy) is 1. The van der Waals surface area contributed by atoms with Crippen LogP contribution in [0, 0.1) is 12.8 Å². The van der Waals surface area contributed by atoms with Gasteiger partial charge in [-0.15, -0.1) is 0 Å². The van der Waals surface area contributed by atoms with Crippen molar-refractivity contribution in [2.24, 2.45) is 10.9 Å². The first kappa shape index (κ1) is 26.9. The van der Waals surface area contributed by atoms with Crippen molar-refractivity contribution in [1.29, 1.82) is 0 Å². The molecule has 2 aromatic heterocycles. The molecule has 1 fully saturated rings. The average molecular weight is 496 g/mol. The minimum absolute atomic E-state index is 0.701. The number of aromatic nitrogens is 3. The Morgan fingerprint density at radius 3 is 2.57 bits per heavy atom. The van der Waals surface area contributed by atoms with Crippen LogP contribution in [0.5, 0.6) is 0 Å². The van der Waals surface area contributed by atoms with Crippen molar-refractivity contribution >= 4 is 40.0 Å². The highest BCUT2D eigenvalue weighted by molar-refractivity contribution is 6.30. The van der Waals surface area contributed by atoms with Gasteiger partial charge in [0, 0.05) is 30.2 Å². The molecule has 1 aliphatic heterocycles. The Balaban J connectivity index is 0.000000623. The smallest absolute Gasteiger partial charge is 0.180 e. The van der Waals surface area contributed by atoms with Gasteiger partial charge in [0.05, 0.1) is 18.7 Å². The first-order valence-corrected chi connectivity index (χ1v) is 12.8. The summed E-state index contributed by atoms with van der Waals surface area (Å²) in [6.45, 7) is 15.9. The molecule has 3 aromatic rings. The lowest BCUT2D eigenvalue weighted by Crippen LogP contribution is -2.36. The minimum Gasteiger partial charge on any atom is -0.378 e. The molecule has 0 spiro atoms. The maximum absolute atomic E-state index is 6.16. The van der Waals surface area contributed by atoms with Crippen LogP contribution in [0.4, 0.5) is 5.82 Å². The molecule has 0 atom stereocenters. The molecule has 0 radical (unpaired) electrons. The van der Waals surface area contributed by atoms with Gasteiger partial charge in [-0.3, -0.25) is 4.99 Å². The number of nitrogens with one attached hydrogen (secondary N) is 1. The SMILES string of the molecule is C/C=C(\N=C(C)Cc1cc(Cl)ccc1C)c1nc2nc(N3CCOCC3)ccc2[nH]1.CCC(C)C. The lowest BCUT2D eigenvalue weighted by atomic mass is 10.0. The standard InChI is InChI=1S/C23H26ClN5O.C5H12/c1-4-19(25-16(3)13-17-14-18(24)6-5-15(17)2)22-26-20-7-8-21(27-23(20)28-22)29-9-11-30-12-10-29;1-4-5(2)3/h4-8,14H,9-13H2,1-3H3,(H,26,27,28);5H,4H2,1-3H3/b19-4-,25-16?;. The van der Waals surface area contributed by atoms with Crippen molar-refractivity contribution in [3.8, 4) is 0 Å². The molecule has 0 unspecified atom stereocenters. The number of aromatic amines is 1. The molecule has 0 saturated carbocycles. The quantitative estimate of drug-likeness (QED) is 0.379. The van der Waals surface area contributed by atoms with E-state index in [1.165, 1.54) is 17.5 Å². The number of benzene rings is 1. The Morgan fingerprint density at radius 1 is 1.20 bits per heavy atom. The van der Waals surface area contributed by atoms with Gasteiger partial charge in [0.1, 0.15) is 11.5 Å². The summed E-state index contributed by atoms with van der Waals surface area (Å²) in [4.78, 5) is 19.9. The van der Waals surface area contributed by atoms with Crippen LogP contribution in [0.25, 0.3) is 16.9 Å². The number of rotatable bonds is 6. The number of allylic oxidation sites excluding steroid dienone is 1. The largest absolute Gasteiger partial charge is 0.378 e. The van der Waals surface area contributed by atoms with E-state index in [1.807, 2.05) is 50.3 Å². The number of morpholine rings is 1. The van der Waals surface area contributed by atoms with Crippen molar-refractivity contribution in [2.75, 3.05) is 31.2 Å². The van der Waals surface area contributed by atoms with E-state index < -0.39 is 0 Å². The normalized spacial score (nSPS) is 14.9. The molecular weight excluding hydrogens is 458 g/mol. The fraction of sp³-hybridized carbons (Fsp3) is 0.464. The van der Waals surface area contributed by atoms with Gasteiger partial charge in [-0.05, 0) is 62.1 Å². The second-order valence-corrected chi connectivity index (χ2v) is 9.73. The first-order valence-electron chi connectivity index (χ1n) is 12.5. The van der Waals surface area contributed by atoms with E-state index in [1.54, 1.807) is 0 Å². The number of aryl methyl sites for hydroxylation is 1. The topological polar surface area (TPSA) is 66.4 Å². The summed E-state index contributed by atoms with van der Waals surface area (Å²) in [5, 5.41) is 0.745. The van der Waals surface area contributed by atoms with Crippen molar-refractivity contribution in [3.63, 3.8) is 0 Å². The molecule has 1 saturated heterocycles. The van der Waals surface area contributed by atoms with Gasteiger partial charge in [-0.2, -0.15) is 0 Å². The Kier molecular flexibility index (Phi) is 9.87. The summed E-state index contributed by atoms with van der Waals surface area (Å²) in [6.07, 6.45) is 4.01. The van der Waals surface area contributed by atoms with Gasteiger partial charge in [0.2, 0.25) is 0 Å². The molecule has 6 nitrogen and oxygen atoms in total. The zero-order valence-electron chi connectivity index (χ0n) is 21.9. The van der Waals surface area contributed by atoms with Crippen LogP contribution in [-0.2, 0) is 11.2 Å². The van der Waals surface area contributed by atoms with Crippen LogP contribution in [0.1, 0.15) is 58.0 Å². The fourth-order valence-electron chi connectivity index (χ4n) is 3.58. The van der Waals surface area contributed by atoms with Crippen LogP contribution < -0.4 is 4.90 Å². The van der Waals surface area contributed by atoms with Crippen molar-refractivity contribution in [2.45, 2.75) is 54.4 Å². The molecule has 0 amide bonds. The molecule has 1 N–H and O–H groups in total. The van der Waals surface area contributed by atoms with Gasteiger partial charge < -0.3 is 14.6 Å². The van der Waals surface area contributed by atoms with Crippen LogP contribution in [0.15, 0.2) is 41.4 Å². The van der Waals surface area contributed by atoms with Crippen molar-refractivity contribution in [1.82, 2.24) is 15.0 Å². The molecule has 188 valence electrons. The van der Waals surface area contributed by atoms with E-state index in [-0.39, 0.29) is 0 Å². The van der Waals surface area contributed by atoms with E-state index in [4.69, 9.17) is 31.3 Å². The molecule has 1 aromatic carbocycles. The molecule has 4 rings (SSSR count). The number of hydrogen-bond acceptors (Lipinski definition) is 5. The van der Waals surface area contributed by atoms with Gasteiger partial charge in [0.25, 0.3) is 0 Å². The second kappa shape index (κ2) is 12.8. The lowest BCUT2D eigenvalue weighted by molar-refractivity contribution is 0.122. The maximum Gasteiger partial charge on any atom is 0.180 e. The number of hydrogen-bond donors (Lipinski definition) is 1. The zero-order valence-corrected chi connectivity index (χ0v) is 22.6. The molecular formula is C28H38ClN5O. The molecule has 3 heterocycles. The Bertz CT molecular complexity index is 1180. The zero-order chi connectivity index (χ0) is 25.4. The Labute approximate surface area is 214 Å². The maximum atomic E-state index is 6.16. The number of anilines is 1. The molecule has 35 heavy (non-hydrogen) atoms. The highest BCUT2D eigenvalue weighted by Gasteiger charge is 2.15. The van der Waals surface area contributed by atoms with Gasteiger partial charge in [-0.1, -0.05) is 50.9 Å². The number of aliphatic imine (C=N–C) groups is 1. The van der Waals surface area contributed by atoms with Crippen LogP contribution in [0.3, 0.4) is 0 Å². The van der Waals surface area contributed by atoms with E-state index in [0.29, 0.717) is 5.65 Å². The Hall–Kier alpha value is -2.70. The summed E-state index contributed by atoms with van der Waals surface area (Å²) in [6, 6.07) is 10.0. The minimum atomic E-state index is 0.701. The molecule has 1 aliphatic rings. The van der Waals surface area contributed by atoms with Gasteiger partial charge in [0.15, 0.2) is 11.5 Å². The number of fused-ring (bicyclic) bond motifs is 1. The second-order valence-electron chi connectivity index (χ2n) is 9.30. The number of nitrogens with zero attached hydrogens (tertiary/aromatic N) is 4. The third-order valence-corrected chi connectivity index (χ3v) is 6.30. The summed E-state index contributed by atoms with van der Waals surface area (Å²) >= 11 is 6.16. The average Bonchev–Trinajstić information content (AvgIpc) is 3.29. The summed E-state index contributed by atoms with van der Waals surface area (Å²) in [5.41, 5.74) is 5.79. The third kappa shape index (κ3) is 7.64. The first-order chi connectivity index (χ1) is 16.8. The number of H-pyrrole nitrogens is 1.